The first-order valence-electron chi connectivity index (χ1n) is 9.50. The second-order valence-electron chi connectivity index (χ2n) is 6.78. The molecule has 0 spiro atoms. The van der Waals surface area contributed by atoms with E-state index in [1.54, 1.807) is 55.5 Å². The van der Waals surface area contributed by atoms with E-state index < -0.39 is 23.7 Å². The number of nitrogens with zero attached hydrogens (tertiary/aromatic N) is 3. The molecule has 1 atom stereocenters. The second-order valence-corrected chi connectivity index (χ2v) is 6.78. The largest absolute Gasteiger partial charge is 0.336 e. The Morgan fingerprint density at radius 3 is 2.52 bits per heavy atom. The van der Waals surface area contributed by atoms with E-state index in [4.69, 9.17) is 0 Å². The van der Waals surface area contributed by atoms with Crippen molar-refractivity contribution in [2.75, 3.05) is 5.32 Å². The molecule has 0 aliphatic heterocycles. The molecule has 4 aromatic rings. The van der Waals surface area contributed by atoms with Gasteiger partial charge in [-0.25, -0.2) is 9.07 Å². The van der Waals surface area contributed by atoms with Crippen molar-refractivity contribution in [1.82, 2.24) is 25.3 Å². The summed E-state index contributed by atoms with van der Waals surface area (Å²) < 4.78 is 15.5. The van der Waals surface area contributed by atoms with Crippen LogP contribution in [-0.4, -0.2) is 31.8 Å². The number of benzene rings is 2. The molecule has 0 saturated carbocycles. The van der Waals surface area contributed by atoms with Gasteiger partial charge in [0.15, 0.2) is 0 Å². The third-order valence-electron chi connectivity index (χ3n) is 4.76. The molecular formula is C22H19FN6O2. The summed E-state index contributed by atoms with van der Waals surface area (Å²) in [5.74, 6) is -0.998. The summed E-state index contributed by atoms with van der Waals surface area (Å²) >= 11 is 0. The standard InChI is InChI=1S/C22H19FN6O2/c1-14-16(13-25-29(14)18-10-6-5-9-17(18)23)21(30)27-20(15-7-3-2-4-8-15)22(31)26-19-11-12-24-28-19/h2-13,20H,1H3,(H,27,30)(H2,24,26,28,31). The molecule has 1 unspecified atom stereocenters. The van der Waals surface area contributed by atoms with Crippen LogP contribution in [0, 0.1) is 12.7 Å². The molecule has 0 bridgehead atoms. The Hall–Kier alpha value is -4.27. The van der Waals surface area contributed by atoms with Crippen LogP contribution in [0.4, 0.5) is 10.2 Å². The Bertz CT molecular complexity index is 1200. The molecule has 0 radical (unpaired) electrons. The molecule has 2 aromatic carbocycles. The maximum atomic E-state index is 14.2. The van der Waals surface area contributed by atoms with Crippen LogP contribution in [0.2, 0.25) is 0 Å². The molecule has 156 valence electrons. The van der Waals surface area contributed by atoms with Gasteiger partial charge in [-0.3, -0.25) is 14.7 Å². The first-order chi connectivity index (χ1) is 15.0. The highest BCUT2D eigenvalue weighted by molar-refractivity contribution is 6.01. The van der Waals surface area contributed by atoms with Crippen LogP contribution in [-0.2, 0) is 4.79 Å². The maximum Gasteiger partial charge on any atom is 0.255 e. The number of aromatic nitrogens is 4. The lowest BCUT2D eigenvalue weighted by molar-refractivity contribution is -0.118. The molecule has 8 nitrogen and oxygen atoms in total. The molecule has 4 rings (SSSR count). The number of amides is 2. The number of nitrogens with one attached hydrogen (secondary N) is 3. The molecule has 2 aromatic heterocycles. The van der Waals surface area contributed by atoms with Crippen molar-refractivity contribution in [3.05, 3.63) is 95.7 Å². The smallest absolute Gasteiger partial charge is 0.255 e. The Labute approximate surface area is 177 Å². The Kier molecular flexibility index (Phi) is 5.57. The van der Waals surface area contributed by atoms with Crippen LogP contribution < -0.4 is 10.6 Å². The summed E-state index contributed by atoms with van der Waals surface area (Å²) in [6.07, 6.45) is 2.86. The zero-order valence-electron chi connectivity index (χ0n) is 16.5. The van der Waals surface area contributed by atoms with Gasteiger partial charge in [-0.1, -0.05) is 42.5 Å². The number of anilines is 1. The maximum absolute atomic E-state index is 14.2. The van der Waals surface area contributed by atoms with E-state index in [0.717, 1.165) is 0 Å². The minimum atomic E-state index is -0.965. The molecule has 0 aliphatic carbocycles. The van der Waals surface area contributed by atoms with Gasteiger partial charge in [0.2, 0.25) is 0 Å². The number of hydrogen-bond acceptors (Lipinski definition) is 4. The predicted octanol–water partition coefficient (Wildman–Crippen LogP) is 3.15. The molecule has 3 N–H and O–H groups in total. The van der Waals surface area contributed by atoms with E-state index in [2.05, 4.69) is 25.9 Å². The highest BCUT2D eigenvalue weighted by Gasteiger charge is 2.26. The summed E-state index contributed by atoms with van der Waals surface area (Å²) in [4.78, 5) is 25.9. The van der Waals surface area contributed by atoms with Crippen molar-refractivity contribution in [3.8, 4) is 5.69 Å². The summed E-state index contributed by atoms with van der Waals surface area (Å²) in [6, 6.07) is 15.6. The number of H-pyrrole nitrogens is 1. The van der Waals surface area contributed by atoms with Crippen LogP contribution in [0.15, 0.2) is 73.1 Å². The lowest BCUT2D eigenvalue weighted by Gasteiger charge is -2.18. The van der Waals surface area contributed by atoms with Gasteiger partial charge in [-0.15, -0.1) is 0 Å². The predicted molar refractivity (Wildman–Crippen MR) is 112 cm³/mol. The molecule has 9 heteroatoms. The molecule has 2 heterocycles. The molecular weight excluding hydrogens is 399 g/mol. The quantitative estimate of drug-likeness (QED) is 0.447. The summed E-state index contributed by atoms with van der Waals surface area (Å²) in [6.45, 7) is 1.66. The van der Waals surface area contributed by atoms with Crippen LogP contribution in [0.25, 0.3) is 5.69 Å². The summed E-state index contributed by atoms with van der Waals surface area (Å²) in [5, 5.41) is 16.0. The van der Waals surface area contributed by atoms with Gasteiger partial charge in [0.1, 0.15) is 23.4 Å². The third kappa shape index (κ3) is 4.20. The Morgan fingerprint density at radius 1 is 1.06 bits per heavy atom. The number of halogens is 1. The minimum absolute atomic E-state index is 0.232. The first kappa shape index (κ1) is 20.0. The lowest BCUT2D eigenvalue weighted by Crippen LogP contribution is -2.37. The van der Waals surface area contributed by atoms with Crippen molar-refractivity contribution in [2.45, 2.75) is 13.0 Å². The minimum Gasteiger partial charge on any atom is -0.336 e. The van der Waals surface area contributed by atoms with E-state index in [1.807, 2.05) is 6.07 Å². The topological polar surface area (TPSA) is 105 Å². The molecule has 0 fully saturated rings. The zero-order valence-corrected chi connectivity index (χ0v) is 16.5. The first-order valence-corrected chi connectivity index (χ1v) is 9.50. The van der Waals surface area contributed by atoms with Gasteiger partial charge in [-0.05, 0) is 24.6 Å². The van der Waals surface area contributed by atoms with Crippen LogP contribution in [0.3, 0.4) is 0 Å². The number of rotatable bonds is 6. The van der Waals surface area contributed by atoms with E-state index >= 15 is 0 Å². The average Bonchev–Trinajstić information content (AvgIpc) is 3.42. The van der Waals surface area contributed by atoms with E-state index in [-0.39, 0.29) is 11.3 Å². The van der Waals surface area contributed by atoms with Crippen molar-refractivity contribution in [1.29, 1.82) is 0 Å². The monoisotopic (exact) mass is 418 g/mol. The highest BCUT2D eigenvalue weighted by atomic mass is 19.1. The van der Waals surface area contributed by atoms with Crippen LogP contribution >= 0.6 is 0 Å². The van der Waals surface area contributed by atoms with Gasteiger partial charge >= 0.3 is 0 Å². The normalized spacial score (nSPS) is 11.7. The van der Waals surface area contributed by atoms with E-state index in [9.17, 15) is 14.0 Å². The molecule has 31 heavy (non-hydrogen) atoms. The van der Waals surface area contributed by atoms with Gasteiger partial charge < -0.3 is 10.6 Å². The number of hydrogen-bond donors (Lipinski definition) is 3. The van der Waals surface area contributed by atoms with Crippen LogP contribution in [0.1, 0.15) is 27.7 Å². The summed E-state index contributed by atoms with van der Waals surface area (Å²) in [7, 11) is 0. The lowest BCUT2D eigenvalue weighted by atomic mass is 10.1. The molecule has 0 saturated heterocycles. The Balaban J connectivity index is 1.61. The SMILES string of the molecule is Cc1c(C(=O)NC(C(=O)Nc2ccn[nH]2)c2ccccc2)cnn1-c1ccccc1F. The second kappa shape index (κ2) is 8.62. The Morgan fingerprint density at radius 2 is 1.81 bits per heavy atom. The fourth-order valence-electron chi connectivity index (χ4n) is 3.18. The number of para-hydroxylation sites is 1. The third-order valence-corrected chi connectivity index (χ3v) is 4.76. The van der Waals surface area contributed by atoms with Crippen molar-refractivity contribution in [3.63, 3.8) is 0 Å². The molecule has 0 aliphatic rings. The van der Waals surface area contributed by atoms with E-state index in [0.29, 0.717) is 17.1 Å². The van der Waals surface area contributed by atoms with Gasteiger partial charge in [0.25, 0.3) is 11.8 Å². The van der Waals surface area contributed by atoms with Crippen molar-refractivity contribution >= 4 is 17.6 Å². The van der Waals surface area contributed by atoms with Crippen molar-refractivity contribution in [2.24, 2.45) is 0 Å². The van der Waals surface area contributed by atoms with Crippen molar-refractivity contribution < 1.29 is 14.0 Å². The van der Waals surface area contributed by atoms with Gasteiger partial charge in [0, 0.05) is 6.07 Å². The fourth-order valence-corrected chi connectivity index (χ4v) is 3.18. The van der Waals surface area contributed by atoms with E-state index in [1.165, 1.54) is 23.1 Å². The van der Waals surface area contributed by atoms with Crippen LogP contribution in [0.5, 0.6) is 0 Å². The number of aromatic amines is 1. The van der Waals surface area contributed by atoms with Gasteiger partial charge in [-0.2, -0.15) is 10.2 Å². The summed E-state index contributed by atoms with van der Waals surface area (Å²) in [5.41, 5.74) is 1.52. The average molecular weight is 418 g/mol. The van der Waals surface area contributed by atoms with Gasteiger partial charge in [0.05, 0.1) is 23.7 Å². The fraction of sp³-hybridized carbons (Fsp3) is 0.0909. The molecule has 2 amide bonds. The number of carbonyl (C=O) groups excluding carboxylic acids is 2. The zero-order chi connectivity index (χ0) is 21.8. The number of carbonyl (C=O) groups is 2. The highest BCUT2D eigenvalue weighted by Crippen LogP contribution is 2.20.